The number of aromatic nitrogens is 1. The van der Waals surface area contributed by atoms with Crippen LogP contribution in [-0.4, -0.2) is 22.3 Å². The van der Waals surface area contributed by atoms with E-state index in [4.69, 9.17) is 0 Å². The van der Waals surface area contributed by atoms with Gasteiger partial charge in [-0.15, -0.1) is 6.58 Å². The second kappa shape index (κ2) is 4.84. The summed E-state index contributed by atoms with van der Waals surface area (Å²) < 4.78 is 0. The Kier molecular flexibility index (Phi) is 3.03. The molecule has 2 aromatic rings. The maximum Gasteiger partial charge on any atom is 0.223 e. The molecule has 1 aromatic heterocycles. The minimum absolute atomic E-state index is 0.218. The van der Waals surface area contributed by atoms with E-state index in [1.54, 1.807) is 6.20 Å². The number of likely N-dealkylation sites (tertiary alicyclic amines) is 1. The first-order chi connectivity index (χ1) is 9.28. The van der Waals surface area contributed by atoms with E-state index in [0.29, 0.717) is 18.9 Å². The topological polar surface area (TPSA) is 33.2 Å². The van der Waals surface area contributed by atoms with Gasteiger partial charge in [-0.05, 0) is 17.0 Å². The second-order valence-corrected chi connectivity index (χ2v) is 4.99. The monoisotopic (exact) mass is 252 g/mol. The Bertz CT molecular complexity index is 630. The number of rotatable bonds is 3. The average molecular weight is 252 g/mol. The smallest absolute Gasteiger partial charge is 0.223 e. The van der Waals surface area contributed by atoms with E-state index in [2.05, 4.69) is 17.6 Å². The van der Waals surface area contributed by atoms with Gasteiger partial charge in [0, 0.05) is 43.2 Å². The standard InChI is InChI=1S/C16H16N2O/c1-2-12-8-16(19)18(10-12)11-14-5-3-4-13-9-17-7-6-15(13)14/h2-7,9,12H,1,8,10-11H2. The van der Waals surface area contributed by atoms with Gasteiger partial charge in [-0.2, -0.15) is 0 Å². The summed E-state index contributed by atoms with van der Waals surface area (Å²) in [5, 5.41) is 2.29. The molecule has 96 valence electrons. The molecule has 3 heteroatoms. The fourth-order valence-electron chi connectivity index (χ4n) is 2.65. The van der Waals surface area contributed by atoms with Crippen LogP contribution in [-0.2, 0) is 11.3 Å². The predicted octanol–water partition coefficient (Wildman–Crippen LogP) is 2.77. The van der Waals surface area contributed by atoms with Gasteiger partial charge in [0.25, 0.3) is 0 Å². The quantitative estimate of drug-likeness (QED) is 0.787. The summed E-state index contributed by atoms with van der Waals surface area (Å²) in [5.41, 5.74) is 1.18. The lowest BCUT2D eigenvalue weighted by molar-refractivity contribution is -0.128. The molecule has 0 bridgehead atoms. The Hall–Kier alpha value is -2.16. The molecule has 1 fully saturated rings. The van der Waals surface area contributed by atoms with Crippen LogP contribution in [0, 0.1) is 5.92 Å². The van der Waals surface area contributed by atoms with Crippen molar-refractivity contribution in [1.82, 2.24) is 9.88 Å². The lowest BCUT2D eigenvalue weighted by Gasteiger charge is -2.17. The molecule has 1 saturated heterocycles. The van der Waals surface area contributed by atoms with Crippen LogP contribution in [0.15, 0.2) is 49.3 Å². The number of carbonyl (C=O) groups is 1. The van der Waals surface area contributed by atoms with Crippen LogP contribution >= 0.6 is 0 Å². The van der Waals surface area contributed by atoms with Gasteiger partial charge in [0.05, 0.1) is 0 Å². The number of nitrogens with zero attached hydrogens (tertiary/aromatic N) is 2. The lowest BCUT2D eigenvalue weighted by Crippen LogP contribution is -2.24. The molecule has 19 heavy (non-hydrogen) atoms. The highest BCUT2D eigenvalue weighted by molar-refractivity contribution is 5.85. The van der Waals surface area contributed by atoms with Crippen molar-refractivity contribution >= 4 is 16.7 Å². The lowest BCUT2D eigenvalue weighted by atomic mass is 10.1. The van der Waals surface area contributed by atoms with E-state index in [0.717, 1.165) is 11.9 Å². The molecule has 0 spiro atoms. The molecule has 2 heterocycles. The molecule has 1 unspecified atom stereocenters. The van der Waals surface area contributed by atoms with Crippen molar-refractivity contribution in [3.8, 4) is 0 Å². The predicted molar refractivity (Wildman–Crippen MR) is 75.5 cm³/mol. The zero-order chi connectivity index (χ0) is 13.2. The zero-order valence-electron chi connectivity index (χ0n) is 10.7. The summed E-state index contributed by atoms with van der Waals surface area (Å²) in [6, 6.07) is 8.15. The van der Waals surface area contributed by atoms with Crippen LogP contribution in [0.4, 0.5) is 0 Å². The number of fused-ring (bicyclic) bond motifs is 1. The normalized spacial score (nSPS) is 19.1. The largest absolute Gasteiger partial charge is 0.338 e. The maximum absolute atomic E-state index is 11.9. The fraction of sp³-hybridized carbons (Fsp3) is 0.250. The third-order valence-corrected chi connectivity index (χ3v) is 3.71. The van der Waals surface area contributed by atoms with E-state index in [-0.39, 0.29) is 5.91 Å². The number of carbonyl (C=O) groups excluding carboxylic acids is 1. The molecule has 3 rings (SSSR count). The number of amides is 1. The summed E-state index contributed by atoms with van der Waals surface area (Å²) >= 11 is 0. The van der Waals surface area contributed by atoms with Crippen molar-refractivity contribution in [3.05, 3.63) is 54.9 Å². The van der Waals surface area contributed by atoms with Crippen LogP contribution in [0.25, 0.3) is 10.8 Å². The fourth-order valence-corrected chi connectivity index (χ4v) is 2.65. The molecular weight excluding hydrogens is 236 g/mol. The Morgan fingerprint density at radius 1 is 1.42 bits per heavy atom. The number of benzene rings is 1. The second-order valence-electron chi connectivity index (χ2n) is 4.99. The molecule has 1 aromatic carbocycles. The van der Waals surface area contributed by atoms with E-state index in [9.17, 15) is 4.79 Å². The minimum atomic E-state index is 0.218. The molecule has 1 aliphatic heterocycles. The maximum atomic E-state index is 11.9. The van der Waals surface area contributed by atoms with E-state index in [1.165, 1.54) is 10.9 Å². The van der Waals surface area contributed by atoms with Crippen molar-refractivity contribution in [1.29, 1.82) is 0 Å². The van der Waals surface area contributed by atoms with E-state index < -0.39 is 0 Å². The van der Waals surface area contributed by atoms with Gasteiger partial charge in [-0.1, -0.05) is 24.3 Å². The third kappa shape index (κ3) is 2.24. The average Bonchev–Trinajstić information content (AvgIpc) is 2.80. The highest BCUT2D eigenvalue weighted by Crippen LogP contribution is 2.24. The zero-order valence-corrected chi connectivity index (χ0v) is 10.7. The summed E-state index contributed by atoms with van der Waals surface area (Å²) in [6.45, 7) is 5.23. The SMILES string of the molecule is C=CC1CC(=O)N(Cc2cccc3cnccc23)C1. The van der Waals surface area contributed by atoms with Gasteiger partial charge in [-0.3, -0.25) is 9.78 Å². The third-order valence-electron chi connectivity index (χ3n) is 3.71. The highest BCUT2D eigenvalue weighted by atomic mass is 16.2. The number of hydrogen-bond donors (Lipinski definition) is 0. The number of pyridine rings is 1. The summed E-state index contributed by atoms with van der Waals surface area (Å²) in [7, 11) is 0. The minimum Gasteiger partial charge on any atom is -0.338 e. The molecule has 3 nitrogen and oxygen atoms in total. The van der Waals surface area contributed by atoms with E-state index in [1.807, 2.05) is 35.4 Å². The summed E-state index contributed by atoms with van der Waals surface area (Å²) in [4.78, 5) is 18.0. The van der Waals surface area contributed by atoms with Gasteiger partial charge >= 0.3 is 0 Å². The van der Waals surface area contributed by atoms with Crippen LogP contribution in [0.5, 0.6) is 0 Å². The van der Waals surface area contributed by atoms with Crippen LogP contribution in [0.1, 0.15) is 12.0 Å². The van der Waals surface area contributed by atoms with E-state index >= 15 is 0 Å². The summed E-state index contributed by atoms with van der Waals surface area (Å²) in [5.74, 6) is 0.514. The van der Waals surface area contributed by atoms with Gasteiger partial charge < -0.3 is 4.90 Å². The highest BCUT2D eigenvalue weighted by Gasteiger charge is 2.27. The molecule has 0 radical (unpaired) electrons. The molecule has 1 aliphatic rings. The van der Waals surface area contributed by atoms with Gasteiger partial charge in [0.15, 0.2) is 0 Å². The van der Waals surface area contributed by atoms with Gasteiger partial charge in [0.2, 0.25) is 5.91 Å². The first-order valence-electron chi connectivity index (χ1n) is 6.50. The van der Waals surface area contributed by atoms with Gasteiger partial charge in [0.1, 0.15) is 0 Å². The first kappa shape index (κ1) is 11.9. The molecule has 1 atom stereocenters. The number of hydrogen-bond acceptors (Lipinski definition) is 2. The van der Waals surface area contributed by atoms with Crippen molar-refractivity contribution in [2.24, 2.45) is 5.92 Å². The van der Waals surface area contributed by atoms with Gasteiger partial charge in [-0.25, -0.2) is 0 Å². The molecule has 0 aliphatic carbocycles. The van der Waals surface area contributed by atoms with Crippen molar-refractivity contribution in [2.75, 3.05) is 6.54 Å². The Labute approximate surface area is 112 Å². The van der Waals surface area contributed by atoms with Crippen molar-refractivity contribution in [2.45, 2.75) is 13.0 Å². The van der Waals surface area contributed by atoms with Crippen LogP contribution in [0.2, 0.25) is 0 Å². The van der Waals surface area contributed by atoms with Crippen LogP contribution in [0.3, 0.4) is 0 Å². The Balaban J connectivity index is 1.90. The summed E-state index contributed by atoms with van der Waals surface area (Å²) in [6.07, 6.45) is 6.13. The molecule has 1 amide bonds. The van der Waals surface area contributed by atoms with Crippen molar-refractivity contribution in [3.63, 3.8) is 0 Å². The molecule has 0 saturated carbocycles. The van der Waals surface area contributed by atoms with Crippen molar-refractivity contribution < 1.29 is 4.79 Å². The first-order valence-corrected chi connectivity index (χ1v) is 6.50. The molecular formula is C16H16N2O. The Morgan fingerprint density at radius 3 is 3.11 bits per heavy atom. The Morgan fingerprint density at radius 2 is 2.32 bits per heavy atom. The molecule has 0 N–H and O–H groups in total. The van der Waals surface area contributed by atoms with Crippen LogP contribution < -0.4 is 0 Å².